The van der Waals surface area contributed by atoms with Gasteiger partial charge >= 0.3 is 0 Å². The van der Waals surface area contributed by atoms with Gasteiger partial charge in [0.25, 0.3) is 0 Å². The Morgan fingerprint density at radius 3 is 2.85 bits per heavy atom. The molecule has 1 aliphatic heterocycles. The van der Waals surface area contributed by atoms with E-state index in [1.54, 1.807) is 0 Å². The summed E-state index contributed by atoms with van der Waals surface area (Å²) in [5.41, 5.74) is 0. The number of thioether (sulfide) groups is 1. The average molecular weight is 201 g/mol. The van der Waals surface area contributed by atoms with Crippen molar-refractivity contribution in [3.05, 3.63) is 0 Å². The fraction of sp³-hybridized carbons (Fsp3) is 1.00. The van der Waals surface area contributed by atoms with Gasteiger partial charge in [-0.05, 0) is 31.4 Å². The highest BCUT2D eigenvalue weighted by Gasteiger charge is 2.16. The third kappa shape index (κ3) is 4.37. The number of nitrogens with one attached hydrogen (secondary N) is 1. The summed E-state index contributed by atoms with van der Waals surface area (Å²) in [7, 11) is 0. The lowest BCUT2D eigenvalue weighted by atomic mass is 10.1. The summed E-state index contributed by atoms with van der Waals surface area (Å²) in [5, 5.41) is 4.60. The second-order valence-corrected chi connectivity index (χ2v) is 5.35. The molecule has 1 nitrogen and oxygen atoms in total. The zero-order valence-corrected chi connectivity index (χ0v) is 9.83. The number of hydrogen-bond donors (Lipinski definition) is 1. The zero-order chi connectivity index (χ0) is 9.52. The second kappa shape index (κ2) is 6.72. The molecule has 1 N–H and O–H groups in total. The number of rotatable bonds is 6. The molecule has 0 aromatic carbocycles. The maximum Gasteiger partial charge on any atom is 0.0172 e. The Morgan fingerprint density at radius 2 is 2.31 bits per heavy atom. The van der Waals surface area contributed by atoms with E-state index in [-0.39, 0.29) is 0 Å². The first kappa shape index (κ1) is 11.4. The van der Waals surface area contributed by atoms with Crippen molar-refractivity contribution >= 4 is 11.8 Å². The predicted molar refractivity (Wildman–Crippen MR) is 62.5 cm³/mol. The molecule has 1 heterocycles. The minimum Gasteiger partial charge on any atom is -0.313 e. The normalized spacial score (nSPS) is 24.9. The highest BCUT2D eigenvalue weighted by Crippen LogP contribution is 2.25. The van der Waals surface area contributed by atoms with Crippen LogP contribution in [-0.2, 0) is 0 Å². The number of hydrogen-bond acceptors (Lipinski definition) is 2. The highest BCUT2D eigenvalue weighted by molar-refractivity contribution is 8.00. The lowest BCUT2D eigenvalue weighted by molar-refractivity contribution is 0.460. The van der Waals surface area contributed by atoms with Gasteiger partial charge in [0.1, 0.15) is 0 Å². The molecule has 1 fully saturated rings. The maximum atomic E-state index is 3.69. The van der Waals surface area contributed by atoms with Crippen LogP contribution in [-0.4, -0.2) is 23.6 Å². The van der Waals surface area contributed by atoms with Gasteiger partial charge in [0.2, 0.25) is 0 Å². The molecule has 0 bridgehead atoms. The SMILES string of the molecule is CCCC(CC)NCC1CCCS1. The lowest BCUT2D eigenvalue weighted by Gasteiger charge is -2.18. The zero-order valence-electron chi connectivity index (χ0n) is 9.01. The summed E-state index contributed by atoms with van der Waals surface area (Å²) in [5.74, 6) is 1.39. The topological polar surface area (TPSA) is 12.0 Å². The van der Waals surface area contributed by atoms with Gasteiger partial charge in [0.05, 0.1) is 0 Å². The Bertz CT molecular complexity index is 121. The third-order valence-electron chi connectivity index (χ3n) is 2.79. The maximum absolute atomic E-state index is 3.69. The first-order chi connectivity index (χ1) is 6.36. The molecule has 2 atom stereocenters. The lowest BCUT2D eigenvalue weighted by Crippen LogP contribution is -2.33. The molecule has 13 heavy (non-hydrogen) atoms. The van der Waals surface area contributed by atoms with E-state index >= 15 is 0 Å². The molecular formula is C11H23NS. The van der Waals surface area contributed by atoms with E-state index in [9.17, 15) is 0 Å². The molecule has 1 rings (SSSR count). The first-order valence-corrected chi connectivity index (χ1v) is 6.76. The Morgan fingerprint density at radius 1 is 1.46 bits per heavy atom. The summed E-state index contributed by atoms with van der Waals surface area (Å²) in [4.78, 5) is 0. The molecule has 0 saturated carbocycles. The minimum atomic E-state index is 0.770. The van der Waals surface area contributed by atoms with Crippen molar-refractivity contribution in [1.82, 2.24) is 5.32 Å². The predicted octanol–water partition coefficient (Wildman–Crippen LogP) is 3.05. The van der Waals surface area contributed by atoms with Gasteiger partial charge in [-0.3, -0.25) is 0 Å². The van der Waals surface area contributed by atoms with Crippen molar-refractivity contribution in [2.45, 2.75) is 57.2 Å². The molecule has 1 aliphatic rings. The van der Waals surface area contributed by atoms with Crippen molar-refractivity contribution in [3.63, 3.8) is 0 Å². The van der Waals surface area contributed by atoms with Crippen molar-refractivity contribution < 1.29 is 0 Å². The molecule has 2 heteroatoms. The van der Waals surface area contributed by atoms with E-state index in [1.807, 2.05) is 0 Å². The van der Waals surface area contributed by atoms with Crippen LogP contribution in [0, 0.1) is 0 Å². The van der Waals surface area contributed by atoms with E-state index < -0.39 is 0 Å². The molecule has 78 valence electrons. The molecule has 0 aromatic heterocycles. The van der Waals surface area contributed by atoms with Gasteiger partial charge in [0.15, 0.2) is 0 Å². The summed E-state index contributed by atoms with van der Waals surface area (Å²) in [6.07, 6.45) is 6.80. The van der Waals surface area contributed by atoms with Gasteiger partial charge in [-0.25, -0.2) is 0 Å². The first-order valence-electron chi connectivity index (χ1n) is 5.71. The Labute approximate surface area is 87.1 Å². The average Bonchev–Trinajstić information content (AvgIpc) is 2.64. The minimum absolute atomic E-state index is 0.770. The van der Waals surface area contributed by atoms with Crippen LogP contribution in [0.5, 0.6) is 0 Å². The van der Waals surface area contributed by atoms with Gasteiger partial charge in [-0.15, -0.1) is 0 Å². The van der Waals surface area contributed by atoms with Crippen LogP contribution in [0.15, 0.2) is 0 Å². The Balaban J connectivity index is 2.07. The van der Waals surface area contributed by atoms with Crippen LogP contribution in [0.1, 0.15) is 46.0 Å². The third-order valence-corrected chi connectivity index (χ3v) is 4.19. The van der Waals surface area contributed by atoms with Crippen molar-refractivity contribution in [2.24, 2.45) is 0 Å². The summed E-state index contributed by atoms with van der Waals surface area (Å²) in [6, 6.07) is 0.770. The van der Waals surface area contributed by atoms with Gasteiger partial charge < -0.3 is 5.32 Å². The molecule has 0 aromatic rings. The summed E-state index contributed by atoms with van der Waals surface area (Å²) in [6.45, 7) is 5.80. The van der Waals surface area contributed by atoms with Gasteiger partial charge in [-0.2, -0.15) is 11.8 Å². The standard InChI is InChI=1S/C11H23NS/c1-3-6-10(4-2)12-9-11-7-5-8-13-11/h10-12H,3-9H2,1-2H3. The molecular weight excluding hydrogens is 178 g/mol. The van der Waals surface area contributed by atoms with Crippen LogP contribution >= 0.6 is 11.8 Å². The highest BCUT2D eigenvalue weighted by atomic mass is 32.2. The fourth-order valence-corrected chi connectivity index (χ4v) is 3.12. The van der Waals surface area contributed by atoms with E-state index in [1.165, 1.54) is 44.4 Å². The Hall–Kier alpha value is 0.310. The quantitative estimate of drug-likeness (QED) is 0.709. The van der Waals surface area contributed by atoms with Crippen LogP contribution in [0.4, 0.5) is 0 Å². The molecule has 2 unspecified atom stereocenters. The van der Waals surface area contributed by atoms with Crippen LogP contribution in [0.3, 0.4) is 0 Å². The van der Waals surface area contributed by atoms with Crippen molar-refractivity contribution in [3.8, 4) is 0 Å². The van der Waals surface area contributed by atoms with Crippen molar-refractivity contribution in [2.75, 3.05) is 12.3 Å². The smallest absolute Gasteiger partial charge is 0.0172 e. The van der Waals surface area contributed by atoms with Gasteiger partial charge in [-0.1, -0.05) is 20.3 Å². The van der Waals surface area contributed by atoms with Crippen LogP contribution < -0.4 is 5.32 Å². The second-order valence-electron chi connectivity index (χ2n) is 3.94. The fourth-order valence-electron chi connectivity index (χ4n) is 1.90. The molecule has 1 saturated heterocycles. The van der Waals surface area contributed by atoms with Crippen LogP contribution in [0.25, 0.3) is 0 Å². The molecule has 0 radical (unpaired) electrons. The van der Waals surface area contributed by atoms with E-state index in [0.29, 0.717) is 0 Å². The van der Waals surface area contributed by atoms with Gasteiger partial charge in [0, 0.05) is 17.8 Å². The largest absolute Gasteiger partial charge is 0.313 e. The molecule has 0 amide bonds. The molecule has 0 spiro atoms. The van der Waals surface area contributed by atoms with Crippen LogP contribution in [0.2, 0.25) is 0 Å². The van der Waals surface area contributed by atoms with E-state index in [4.69, 9.17) is 0 Å². The van der Waals surface area contributed by atoms with E-state index in [0.717, 1.165) is 11.3 Å². The monoisotopic (exact) mass is 201 g/mol. The molecule has 0 aliphatic carbocycles. The van der Waals surface area contributed by atoms with Crippen molar-refractivity contribution in [1.29, 1.82) is 0 Å². The summed E-state index contributed by atoms with van der Waals surface area (Å²) >= 11 is 2.15. The van der Waals surface area contributed by atoms with E-state index in [2.05, 4.69) is 30.9 Å². The Kier molecular flexibility index (Phi) is 5.88. The summed E-state index contributed by atoms with van der Waals surface area (Å²) < 4.78 is 0.